The van der Waals surface area contributed by atoms with E-state index in [2.05, 4.69) is 22.2 Å². The quantitative estimate of drug-likeness (QED) is 0.840. The number of aromatic nitrogens is 4. The first-order valence-corrected chi connectivity index (χ1v) is 5.30. The van der Waals surface area contributed by atoms with Crippen molar-refractivity contribution in [1.82, 2.24) is 19.9 Å². The summed E-state index contributed by atoms with van der Waals surface area (Å²) in [6, 6.07) is 1.67. The largest absolute Gasteiger partial charge is 0.332 e. The first-order valence-electron chi connectivity index (χ1n) is 5.30. The lowest BCUT2D eigenvalue weighted by molar-refractivity contribution is 0.410. The molecule has 0 saturated carbocycles. The molecule has 0 aliphatic heterocycles. The Bertz CT molecular complexity index is 461. The van der Waals surface area contributed by atoms with Crippen LogP contribution >= 0.6 is 0 Å². The zero-order valence-electron chi connectivity index (χ0n) is 9.42. The van der Waals surface area contributed by atoms with E-state index in [9.17, 15) is 0 Å². The average molecular weight is 221 g/mol. The molecule has 6 nitrogen and oxygen atoms in total. The van der Waals surface area contributed by atoms with Gasteiger partial charge in [0.25, 0.3) is 5.89 Å². The lowest BCUT2D eigenvalue weighted by Gasteiger charge is -2.02. The second-order valence-electron chi connectivity index (χ2n) is 3.69. The molecule has 0 bridgehead atoms. The predicted molar refractivity (Wildman–Crippen MR) is 58.3 cm³/mol. The Labute approximate surface area is 93.4 Å². The van der Waals surface area contributed by atoms with Crippen LogP contribution in [0.5, 0.6) is 0 Å². The van der Waals surface area contributed by atoms with Gasteiger partial charge in [-0.25, -0.2) is 0 Å². The third-order valence-corrected chi connectivity index (χ3v) is 2.41. The molecule has 2 N–H and O–H groups in total. The summed E-state index contributed by atoms with van der Waals surface area (Å²) in [6.45, 7) is 2.07. The lowest BCUT2D eigenvalue weighted by atomic mass is 10.2. The van der Waals surface area contributed by atoms with Crippen molar-refractivity contribution in [2.24, 2.45) is 12.8 Å². The molecule has 0 radical (unpaired) electrons. The third kappa shape index (κ3) is 1.96. The van der Waals surface area contributed by atoms with Crippen molar-refractivity contribution in [1.29, 1.82) is 0 Å². The maximum absolute atomic E-state index is 5.90. The normalized spacial score (nSPS) is 12.9. The van der Waals surface area contributed by atoms with E-state index in [0.717, 1.165) is 18.5 Å². The monoisotopic (exact) mass is 221 g/mol. The van der Waals surface area contributed by atoms with Crippen LogP contribution in [0.25, 0.3) is 11.6 Å². The van der Waals surface area contributed by atoms with Crippen LogP contribution in [0.15, 0.2) is 16.8 Å². The van der Waals surface area contributed by atoms with Gasteiger partial charge in [-0.1, -0.05) is 18.5 Å². The van der Waals surface area contributed by atoms with Crippen molar-refractivity contribution in [2.75, 3.05) is 0 Å². The van der Waals surface area contributed by atoms with E-state index in [1.807, 2.05) is 13.1 Å². The molecule has 0 aromatic carbocycles. The minimum Gasteiger partial charge on any atom is -0.332 e. The molecule has 6 heteroatoms. The smallest absolute Gasteiger partial charge is 0.276 e. The van der Waals surface area contributed by atoms with E-state index < -0.39 is 0 Å². The third-order valence-electron chi connectivity index (χ3n) is 2.41. The summed E-state index contributed by atoms with van der Waals surface area (Å²) < 4.78 is 6.84. The number of hydrogen-bond acceptors (Lipinski definition) is 5. The molecular formula is C10H15N5O. The fourth-order valence-electron chi connectivity index (χ4n) is 1.51. The van der Waals surface area contributed by atoms with Crippen molar-refractivity contribution in [3.8, 4) is 11.6 Å². The summed E-state index contributed by atoms with van der Waals surface area (Å²) in [7, 11) is 1.82. The molecule has 2 aromatic rings. The predicted octanol–water partition coefficient (Wildman–Crippen LogP) is 1.27. The Hall–Kier alpha value is -1.69. The van der Waals surface area contributed by atoms with Gasteiger partial charge < -0.3 is 10.3 Å². The second kappa shape index (κ2) is 4.44. The van der Waals surface area contributed by atoms with Gasteiger partial charge in [-0.3, -0.25) is 4.68 Å². The van der Waals surface area contributed by atoms with E-state index in [-0.39, 0.29) is 6.04 Å². The van der Waals surface area contributed by atoms with Crippen LogP contribution in [0, 0.1) is 0 Å². The molecule has 0 aliphatic rings. The van der Waals surface area contributed by atoms with E-state index in [1.54, 1.807) is 10.9 Å². The van der Waals surface area contributed by atoms with E-state index in [1.165, 1.54) is 0 Å². The summed E-state index contributed by atoms with van der Waals surface area (Å²) in [6.07, 6.45) is 3.53. The van der Waals surface area contributed by atoms with Crippen LogP contribution in [-0.4, -0.2) is 19.9 Å². The van der Waals surface area contributed by atoms with Crippen molar-refractivity contribution < 1.29 is 4.52 Å². The van der Waals surface area contributed by atoms with Gasteiger partial charge in [0.05, 0.1) is 6.04 Å². The van der Waals surface area contributed by atoms with Gasteiger partial charge in [0.15, 0.2) is 5.82 Å². The number of aryl methyl sites for hydroxylation is 1. The molecule has 1 atom stereocenters. The summed E-state index contributed by atoms with van der Waals surface area (Å²) in [5.41, 5.74) is 6.70. The Balaban J connectivity index is 2.23. The molecule has 0 amide bonds. The van der Waals surface area contributed by atoms with Gasteiger partial charge >= 0.3 is 0 Å². The number of nitrogens with zero attached hydrogens (tertiary/aromatic N) is 4. The minimum atomic E-state index is -0.157. The fourth-order valence-corrected chi connectivity index (χ4v) is 1.51. The second-order valence-corrected chi connectivity index (χ2v) is 3.69. The van der Waals surface area contributed by atoms with Crippen LogP contribution in [0.4, 0.5) is 0 Å². The van der Waals surface area contributed by atoms with E-state index in [0.29, 0.717) is 11.7 Å². The van der Waals surface area contributed by atoms with Crippen LogP contribution in [-0.2, 0) is 7.05 Å². The van der Waals surface area contributed by atoms with Crippen LogP contribution in [0.3, 0.4) is 0 Å². The van der Waals surface area contributed by atoms with Crippen molar-refractivity contribution in [3.63, 3.8) is 0 Å². The zero-order valence-corrected chi connectivity index (χ0v) is 9.42. The zero-order chi connectivity index (χ0) is 11.5. The Morgan fingerprint density at radius 3 is 3.00 bits per heavy atom. The van der Waals surface area contributed by atoms with Gasteiger partial charge in [-0.05, 0) is 12.5 Å². The van der Waals surface area contributed by atoms with Gasteiger partial charge in [-0.15, -0.1) is 0 Å². The summed E-state index contributed by atoms with van der Waals surface area (Å²) >= 11 is 0. The molecular weight excluding hydrogens is 206 g/mol. The van der Waals surface area contributed by atoms with E-state index in [4.69, 9.17) is 10.3 Å². The maximum atomic E-state index is 5.90. The first-order chi connectivity index (χ1) is 7.72. The fraction of sp³-hybridized carbons (Fsp3) is 0.500. The minimum absolute atomic E-state index is 0.157. The Kier molecular flexibility index (Phi) is 3.00. The Morgan fingerprint density at radius 2 is 2.38 bits per heavy atom. The SMILES string of the molecule is CCCC(N)c1noc(-c2ccnn2C)n1. The molecule has 2 rings (SSSR count). The van der Waals surface area contributed by atoms with Crippen molar-refractivity contribution in [2.45, 2.75) is 25.8 Å². The van der Waals surface area contributed by atoms with Gasteiger partial charge in [-0.2, -0.15) is 10.1 Å². The molecule has 16 heavy (non-hydrogen) atoms. The Morgan fingerprint density at radius 1 is 1.56 bits per heavy atom. The molecule has 2 aromatic heterocycles. The highest BCUT2D eigenvalue weighted by Gasteiger charge is 2.16. The molecule has 0 saturated heterocycles. The molecule has 2 heterocycles. The topological polar surface area (TPSA) is 82.8 Å². The molecule has 0 spiro atoms. The summed E-state index contributed by atoms with van der Waals surface area (Å²) in [5.74, 6) is 1.01. The van der Waals surface area contributed by atoms with Gasteiger partial charge in [0, 0.05) is 13.2 Å². The summed E-state index contributed by atoms with van der Waals surface area (Å²) in [5, 5.41) is 7.92. The molecule has 1 unspecified atom stereocenters. The highest BCUT2D eigenvalue weighted by molar-refractivity contribution is 5.45. The summed E-state index contributed by atoms with van der Waals surface area (Å²) in [4.78, 5) is 4.27. The van der Waals surface area contributed by atoms with E-state index >= 15 is 0 Å². The first kappa shape index (κ1) is 10.8. The maximum Gasteiger partial charge on any atom is 0.276 e. The van der Waals surface area contributed by atoms with Gasteiger partial charge in [0.1, 0.15) is 5.69 Å². The molecule has 86 valence electrons. The number of nitrogens with two attached hydrogens (primary N) is 1. The molecule has 0 aliphatic carbocycles. The van der Waals surface area contributed by atoms with Crippen molar-refractivity contribution in [3.05, 3.63) is 18.1 Å². The van der Waals surface area contributed by atoms with Crippen LogP contribution in [0.2, 0.25) is 0 Å². The highest BCUT2D eigenvalue weighted by atomic mass is 16.5. The molecule has 0 fully saturated rings. The van der Waals surface area contributed by atoms with Crippen LogP contribution < -0.4 is 5.73 Å². The van der Waals surface area contributed by atoms with Crippen molar-refractivity contribution >= 4 is 0 Å². The van der Waals surface area contributed by atoms with Gasteiger partial charge in [0.2, 0.25) is 0 Å². The number of hydrogen-bond donors (Lipinski definition) is 1. The highest BCUT2D eigenvalue weighted by Crippen LogP contribution is 2.19. The number of rotatable bonds is 4. The standard InChI is InChI=1S/C10H15N5O/c1-3-4-7(11)9-13-10(16-14-9)8-5-6-12-15(8)2/h5-7H,3-4,11H2,1-2H3. The average Bonchev–Trinajstić information content (AvgIpc) is 2.86. The lowest BCUT2D eigenvalue weighted by Crippen LogP contribution is -2.11. The van der Waals surface area contributed by atoms with Crippen LogP contribution in [0.1, 0.15) is 31.6 Å².